The average molecular weight is 282 g/mol. The third kappa shape index (κ3) is 2.78. The van der Waals surface area contributed by atoms with Crippen molar-refractivity contribution in [2.75, 3.05) is 6.61 Å². The molecular formula is C14H13ClFNO2. The van der Waals surface area contributed by atoms with Crippen LogP contribution >= 0.6 is 11.6 Å². The van der Waals surface area contributed by atoms with Crippen molar-refractivity contribution in [2.45, 2.75) is 25.4 Å². The molecule has 1 aliphatic heterocycles. The average Bonchev–Trinajstić information content (AvgIpc) is 2.80. The molecule has 0 amide bonds. The van der Waals surface area contributed by atoms with Gasteiger partial charge in [-0.25, -0.2) is 4.39 Å². The molecule has 100 valence electrons. The molecule has 3 nitrogen and oxygen atoms in total. The smallest absolute Gasteiger partial charge is 0.160 e. The topological polar surface area (TPSA) is 50.1 Å². The summed E-state index contributed by atoms with van der Waals surface area (Å²) in [7, 11) is 0. The highest BCUT2D eigenvalue weighted by molar-refractivity contribution is 6.31. The summed E-state index contributed by atoms with van der Waals surface area (Å²) in [5.74, 6) is -2.49. The SMILES string of the molecule is CC1CC(C(=O)C(C#N)c2c(F)cccc2Cl)CO1. The van der Waals surface area contributed by atoms with Crippen LogP contribution in [0.25, 0.3) is 0 Å². The fourth-order valence-electron chi connectivity index (χ4n) is 2.31. The number of carbonyl (C=O) groups is 1. The Bertz CT molecular complexity index is 520. The van der Waals surface area contributed by atoms with E-state index in [9.17, 15) is 14.4 Å². The first-order chi connectivity index (χ1) is 9.04. The monoisotopic (exact) mass is 281 g/mol. The van der Waals surface area contributed by atoms with Crippen molar-refractivity contribution in [3.63, 3.8) is 0 Å². The lowest BCUT2D eigenvalue weighted by Crippen LogP contribution is -2.22. The van der Waals surface area contributed by atoms with Crippen LogP contribution in [-0.4, -0.2) is 18.5 Å². The summed E-state index contributed by atoms with van der Waals surface area (Å²) in [5.41, 5.74) is -0.0313. The van der Waals surface area contributed by atoms with E-state index in [1.807, 2.05) is 13.0 Å². The molecule has 1 saturated heterocycles. The highest BCUT2D eigenvalue weighted by Crippen LogP contribution is 2.32. The minimum Gasteiger partial charge on any atom is -0.378 e. The van der Waals surface area contributed by atoms with E-state index in [0.717, 1.165) is 0 Å². The number of carbonyl (C=O) groups excluding carboxylic acids is 1. The fraction of sp³-hybridized carbons (Fsp3) is 0.429. The van der Waals surface area contributed by atoms with Crippen molar-refractivity contribution in [1.29, 1.82) is 5.26 Å². The van der Waals surface area contributed by atoms with Crippen molar-refractivity contribution in [3.8, 4) is 6.07 Å². The molecule has 0 radical (unpaired) electrons. The van der Waals surface area contributed by atoms with E-state index >= 15 is 0 Å². The standard InChI is InChI=1S/C14H13ClFNO2/c1-8-5-9(7-19-8)14(18)10(6-17)13-11(15)3-2-4-12(13)16/h2-4,8-10H,5,7H2,1H3. The number of rotatable bonds is 3. The second-order valence-corrected chi connectivity index (χ2v) is 5.08. The van der Waals surface area contributed by atoms with E-state index < -0.39 is 11.7 Å². The zero-order valence-corrected chi connectivity index (χ0v) is 11.2. The van der Waals surface area contributed by atoms with Crippen LogP contribution < -0.4 is 0 Å². The van der Waals surface area contributed by atoms with Gasteiger partial charge in [-0.05, 0) is 25.5 Å². The molecule has 1 heterocycles. The number of benzene rings is 1. The minimum atomic E-state index is -1.17. The van der Waals surface area contributed by atoms with E-state index in [4.69, 9.17) is 16.3 Å². The third-order valence-corrected chi connectivity index (χ3v) is 3.63. The largest absolute Gasteiger partial charge is 0.378 e. The summed E-state index contributed by atoms with van der Waals surface area (Å²) < 4.78 is 19.1. The van der Waals surface area contributed by atoms with Crippen molar-refractivity contribution in [1.82, 2.24) is 0 Å². The van der Waals surface area contributed by atoms with Crippen molar-refractivity contribution in [2.24, 2.45) is 5.92 Å². The third-order valence-electron chi connectivity index (χ3n) is 3.30. The first-order valence-electron chi connectivity index (χ1n) is 6.03. The molecule has 0 saturated carbocycles. The van der Waals surface area contributed by atoms with Crippen LogP contribution in [0, 0.1) is 23.1 Å². The Balaban J connectivity index is 2.30. The van der Waals surface area contributed by atoms with Gasteiger partial charge < -0.3 is 4.74 Å². The van der Waals surface area contributed by atoms with Gasteiger partial charge in [0.2, 0.25) is 0 Å². The molecule has 1 aromatic carbocycles. The van der Waals surface area contributed by atoms with Gasteiger partial charge in [0.05, 0.1) is 18.8 Å². The summed E-state index contributed by atoms with van der Waals surface area (Å²) in [6, 6.07) is 5.99. The first kappa shape index (κ1) is 14.0. The number of hydrogen-bond donors (Lipinski definition) is 0. The highest BCUT2D eigenvalue weighted by Gasteiger charge is 2.35. The van der Waals surface area contributed by atoms with E-state index in [-0.39, 0.29) is 35.0 Å². The molecule has 19 heavy (non-hydrogen) atoms. The summed E-state index contributed by atoms with van der Waals surface area (Å²) in [6.07, 6.45) is 0.549. The van der Waals surface area contributed by atoms with Crippen LogP contribution in [-0.2, 0) is 9.53 Å². The van der Waals surface area contributed by atoms with Gasteiger partial charge in [0.1, 0.15) is 11.7 Å². The minimum absolute atomic E-state index is 0.00983. The van der Waals surface area contributed by atoms with Gasteiger partial charge >= 0.3 is 0 Å². The van der Waals surface area contributed by atoms with Crippen LogP contribution in [0.4, 0.5) is 4.39 Å². The van der Waals surface area contributed by atoms with Gasteiger partial charge in [-0.1, -0.05) is 17.7 Å². The maximum atomic E-state index is 13.8. The molecule has 3 unspecified atom stereocenters. The van der Waals surface area contributed by atoms with E-state index in [2.05, 4.69) is 0 Å². The molecule has 0 aromatic heterocycles. The lowest BCUT2D eigenvalue weighted by atomic mass is 9.87. The van der Waals surface area contributed by atoms with E-state index in [1.165, 1.54) is 18.2 Å². The van der Waals surface area contributed by atoms with Crippen molar-refractivity contribution >= 4 is 17.4 Å². The Morgan fingerprint density at radius 2 is 2.37 bits per heavy atom. The normalized spacial score (nSPS) is 23.9. The van der Waals surface area contributed by atoms with Crippen molar-refractivity contribution in [3.05, 3.63) is 34.6 Å². The number of ketones is 1. The molecule has 5 heteroatoms. The molecule has 0 N–H and O–H groups in total. The molecule has 2 rings (SSSR count). The van der Waals surface area contributed by atoms with Gasteiger partial charge in [-0.3, -0.25) is 4.79 Å². The lowest BCUT2D eigenvalue weighted by molar-refractivity contribution is -0.123. The number of ether oxygens (including phenoxy) is 1. The Labute approximate surface area is 115 Å². The lowest BCUT2D eigenvalue weighted by Gasteiger charge is -2.14. The summed E-state index contributed by atoms with van der Waals surface area (Å²) in [4.78, 5) is 12.3. The molecule has 1 fully saturated rings. The molecule has 1 aliphatic rings. The highest BCUT2D eigenvalue weighted by atomic mass is 35.5. The van der Waals surface area contributed by atoms with Gasteiger partial charge in [-0.15, -0.1) is 0 Å². The Morgan fingerprint density at radius 3 is 2.89 bits per heavy atom. The predicted octanol–water partition coefficient (Wildman–Crippen LogP) is 3.08. The molecular weight excluding hydrogens is 269 g/mol. The molecule has 1 aromatic rings. The summed E-state index contributed by atoms with van der Waals surface area (Å²) in [6.45, 7) is 2.15. The van der Waals surface area contributed by atoms with Crippen LogP contribution in [0.15, 0.2) is 18.2 Å². The quantitative estimate of drug-likeness (QED) is 0.855. The Kier molecular flexibility index (Phi) is 4.18. The van der Waals surface area contributed by atoms with Gasteiger partial charge in [-0.2, -0.15) is 5.26 Å². The first-order valence-corrected chi connectivity index (χ1v) is 6.41. The number of Topliss-reactive ketones (excluding diaryl/α,β-unsaturated/α-hetero) is 1. The summed E-state index contributed by atoms with van der Waals surface area (Å²) in [5, 5.41) is 9.29. The summed E-state index contributed by atoms with van der Waals surface area (Å²) >= 11 is 5.91. The molecule has 0 bridgehead atoms. The second-order valence-electron chi connectivity index (χ2n) is 4.68. The zero-order valence-electron chi connectivity index (χ0n) is 10.4. The van der Waals surface area contributed by atoms with Crippen molar-refractivity contribution < 1.29 is 13.9 Å². The molecule has 0 spiro atoms. The van der Waals surface area contributed by atoms with E-state index in [0.29, 0.717) is 6.42 Å². The predicted molar refractivity (Wildman–Crippen MR) is 68.3 cm³/mol. The maximum absolute atomic E-state index is 13.8. The second kappa shape index (κ2) is 5.68. The Hall–Kier alpha value is -1.44. The van der Waals surface area contributed by atoms with E-state index in [1.54, 1.807) is 0 Å². The van der Waals surface area contributed by atoms with Crippen LogP contribution in [0.3, 0.4) is 0 Å². The molecule has 0 aliphatic carbocycles. The van der Waals surface area contributed by atoms with Gasteiger partial charge in [0.15, 0.2) is 5.78 Å². The number of nitriles is 1. The fourth-order valence-corrected chi connectivity index (χ4v) is 2.58. The maximum Gasteiger partial charge on any atom is 0.160 e. The van der Waals surface area contributed by atoms with Crippen LogP contribution in [0.2, 0.25) is 5.02 Å². The zero-order chi connectivity index (χ0) is 14.0. The van der Waals surface area contributed by atoms with Gasteiger partial charge in [0, 0.05) is 16.5 Å². The van der Waals surface area contributed by atoms with Gasteiger partial charge in [0.25, 0.3) is 0 Å². The Morgan fingerprint density at radius 1 is 1.63 bits per heavy atom. The number of nitrogens with zero attached hydrogens (tertiary/aromatic N) is 1. The number of halogens is 2. The van der Waals surface area contributed by atoms with Crippen LogP contribution in [0.1, 0.15) is 24.8 Å². The number of hydrogen-bond acceptors (Lipinski definition) is 3. The molecule has 3 atom stereocenters. The van der Waals surface area contributed by atoms with Crippen LogP contribution in [0.5, 0.6) is 0 Å².